The number of hydrogen-bond donors (Lipinski definition) is 2. The Morgan fingerprint density at radius 1 is 1.32 bits per heavy atom. The average Bonchev–Trinajstić information content (AvgIpc) is 3.24. The van der Waals surface area contributed by atoms with Crippen LogP contribution in [0.5, 0.6) is 0 Å². The Bertz CT molecular complexity index is 826. The monoisotopic (exact) mass is 355 g/mol. The molecule has 0 spiro atoms. The molecule has 6 heteroatoms. The van der Waals surface area contributed by atoms with Gasteiger partial charge in [0.1, 0.15) is 0 Å². The molecule has 1 aromatic carbocycles. The largest absolute Gasteiger partial charge is 0.481 e. The fourth-order valence-electron chi connectivity index (χ4n) is 2.73. The summed E-state index contributed by atoms with van der Waals surface area (Å²) in [5.74, 6) is -1.25. The van der Waals surface area contributed by atoms with Crippen LogP contribution in [-0.2, 0) is 24.8 Å². The Labute approximate surface area is 150 Å². The van der Waals surface area contributed by atoms with Gasteiger partial charge in [0.25, 0.3) is 0 Å². The topological polar surface area (TPSA) is 67.2 Å². The van der Waals surface area contributed by atoms with E-state index >= 15 is 0 Å². The van der Waals surface area contributed by atoms with Gasteiger partial charge in [-0.15, -0.1) is 11.3 Å². The summed E-state index contributed by atoms with van der Waals surface area (Å²) in [5.41, 5.74) is 3.34. The van der Waals surface area contributed by atoms with E-state index in [1.807, 2.05) is 31.4 Å². The second kappa shape index (κ2) is 8.09. The van der Waals surface area contributed by atoms with Gasteiger partial charge in [-0.25, -0.2) is 0 Å². The van der Waals surface area contributed by atoms with Crippen molar-refractivity contribution in [2.45, 2.75) is 13.0 Å². The number of nitrogens with zero attached hydrogens (tertiary/aromatic N) is 2. The van der Waals surface area contributed by atoms with Crippen LogP contribution in [0.3, 0.4) is 0 Å². The molecule has 130 valence electrons. The molecule has 0 aliphatic carbocycles. The standard InChI is InChI=1S/C19H21N3O2S/c1-22-12-14(9-21-22)7-16(19(23)24)10-20-11-18-8-17(13-25-18)15-5-3-2-4-6-15/h2-6,8-9,12-13,16,20H,7,10-11H2,1H3,(H,23,24). The summed E-state index contributed by atoms with van der Waals surface area (Å²) in [6.45, 7) is 1.11. The number of thiophene rings is 1. The molecule has 2 heterocycles. The number of hydrogen-bond acceptors (Lipinski definition) is 4. The smallest absolute Gasteiger partial charge is 0.308 e. The van der Waals surface area contributed by atoms with E-state index in [2.05, 4.69) is 34.0 Å². The van der Waals surface area contributed by atoms with Crippen molar-refractivity contribution in [2.75, 3.05) is 6.54 Å². The number of nitrogens with one attached hydrogen (secondary N) is 1. The molecular weight excluding hydrogens is 334 g/mol. The van der Waals surface area contributed by atoms with Crippen LogP contribution in [0.15, 0.2) is 54.2 Å². The van der Waals surface area contributed by atoms with Gasteiger partial charge in [-0.2, -0.15) is 5.10 Å². The zero-order valence-corrected chi connectivity index (χ0v) is 14.9. The first-order chi connectivity index (χ1) is 12.1. The van der Waals surface area contributed by atoms with Gasteiger partial charge < -0.3 is 10.4 Å². The molecule has 0 aliphatic heterocycles. The molecule has 0 amide bonds. The molecule has 2 aromatic heterocycles. The van der Waals surface area contributed by atoms with Crippen LogP contribution in [0.2, 0.25) is 0 Å². The molecule has 0 bridgehead atoms. The van der Waals surface area contributed by atoms with Gasteiger partial charge in [-0.05, 0) is 34.6 Å². The lowest BCUT2D eigenvalue weighted by molar-refractivity contribution is -0.141. The number of aromatic nitrogens is 2. The normalized spacial score (nSPS) is 12.2. The minimum atomic E-state index is -0.785. The predicted molar refractivity (Wildman–Crippen MR) is 99.5 cm³/mol. The van der Waals surface area contributed by atoms with Crippen molar-refractivity contribution in [2.24, 2.45) is 13.0 Å². The zero-order chi connectivity index (χ0) is 17.6. The molecule has 1 unspecified atom stereocenters. The summed E-state index contributed by atoms with van der Waals surface area (Å²) in [6, 6.07) is 12.4. The van der Waals surface area contributed by atoms with E-state index in [0.29, 0.717) is 19.5 Å². The van der Waals surface area contributed by atoms with Gasteiger partial charge in [-0.1, -0.05) is 30.3 Å². The SMILES string of the molecule is Cn1cc(CC(CNCc2cc(-c3ccccc3)cs2)C(=O)O)cn1. The van der Waals surface area contributed by atoms with Gasteiger partial charge in [0.05, 0.1) is 12.1 Å². The van der Waals surface area contributed by atoms with Crippen LogP contribution in [0.4, 0.5) is 0 Å². The third-order valence-corrected chi connectivity index (χ3v) is 4.98. The zero-order valence-electron chi connectivity index (χ0n) is 14.1. The number of aliphatic carboxylic acids is 1. The summed E-state index contributed by atoms with van der Waals surface area (Å²) < 4.78 is 1.69. The van der Waals surface area contributed by atoms with Crippen molar-refractivity contribution in [3.8, 4) is 11.1 Å². The maximum absolute atomic E-state index is 11.5. The highest BCUT2D eigenvalue weighted by atomic mass is 32.1. The van der Waals surface area contributed by atoms with Gasteiger partial charge in [0.15, 0.2) is 0 Å². The molecule has 5 nitrogen and oxygen atoms in total. The van der Waals surface area contributed by atoms with Gasteiger partial charge in [0.2, 0.25) is 0 Å². The van der Waals surface area contributed by atoms with Crippen LogP contribution < -0.4 is 5.32 Å². The fraction of sp³-hybridized carbons (Fsp3) is 0.263. The number of carboxylic acids is 1. The summed E-state index contributed by atoms with van der Waals surface area (Å²) in [5, 5.41) is 18.9. The number of carbonyl (C=O) groups is 1. The summed E-state index contributed by atoms with van der Waals surface area (Å²) in [4.78, 5) is 12.7. The van der Waals surface area contributed by atoms with Crippen LogP contribution in [0.25, 0.3) is 11.1 Å². The Morgan fingerprint density at radius 3 is 2.80 bits per heavy atom. The molecule has 0 aliphatic rings. The Morgan fingerprint density at radius 2 is 2.12 bits per heavy atom. The number of benzene rings is 1. The number of carboxylic acid groups (broad SMARTS) is 1. The second-order valence-electron chi connectivity index (χ2n) is 6.06. The maximum atomic E-state index is 11.5. The van der Waals surface area contributed by atoms with Crippen LogP contribution >= 0.6 is 11.3 Å². The lowest BCUT2D eigenvalue weighted by Gasteiger charge is -2.12. The van der Waals surface area contributed by atoms with E-state index in [-0.39, 0.29) is 0 Å². The summed E-state index contributed by atoms with van der Waals surface area (Å²) in [7, 11) is 1.83. The maximum Gasteiger partial charge on any atom is 0.308 e. The molecule has 0 fully saturated rings. The van der Waals surface area contributed by atoms with Gasteiger partial charge in [0, 0.05) is 31.2 Å². The van der Waals surface area contributed by atoms with Gasteiger partial charge in [-0.3, -0.25) is 9.48 Å². The van der Waals surface area contributed by atoms with E-state index < -0.39 is 11.9 Å². The van der Waals surface area contributed by atoms with E-state index in [1.54, 1.807) is 22.2 Å². The van der Waals surface area contributed by atoms with Crippen LogP contribution in [0, 0.1) is 5.92 Å². The minimum absolute atomic E-state index is 0.433. The highest BCUT2D eigenvalue weighted by Crippen LogP contribution is 2.25. The van der Waals surface area contributed by atoms with Crippen molar-refractivity contribution in [3.05, 3.63) is 64.6 Å². The minimum Gasteiger partial charge on any atom is -0.481 e. The second-order valence-corrected chi connectivity index (χ2v) is 7.06. The average molecular weight is 355 g/mol. The van der Waals surface area contributed by atoms with Crippen molar-refractivity contribution in [1.29, 1.82) is 0 Å². The molecule has 25 heavy (non-hydrogen) atoms. The Balaban J connectivity index is 1.54. The molecule has 0 saturated heterocycles. The summed E-state index contributed by atoms with van der Waals surface area (Å²) >= 11 is 1.69. The lowest BCUT2D eigenvalue weighted by Crippen LogP contribution is -2.29. The Hall–Kier alpha value is -2.44. The van der Waals surface area contributed by atoms with Crippen molar-refractivity contribution in [1.82, 2.24) is 15.1 Å². The first-order valence-corrected chi connectivity index (χ1v) is 9.03. The van der Waals surface area contributed by atoms with Crippen molar-refractivity contribution < 1.29 is 9.90 Å². The molecular formula is C19H21N3O2S. The van der Waals surface area contributed by atoms with Gasteiger partial charge >= 0.3 is 5.97 Å². The van der Waals surface area contributed by atoms with E-state index in [1.165, 1.54) is 16.0 Å². The molecule has 3 aromatic rings. The fourth-order valence-corrected chi connectivity index (χ4v) is 3.60. The molecule has 2 N–H and O–H groups in total. The van der Waals surface area contributed by atoms with Crippen molar-refractivity contribution >= 4 is 17.3 Å². The third kappa shape index (κ3) is 4.78. The lowest BCUT2D eigenvalue weighted by atomic mass is 10.0. The van der Waals surface area contributed by atoms with E-state index in [0.717, 1.165) is 5.56 Å². The van der Waals surface area contributed by atoms with Crippen LogP contribution in [0.1, 0.15) is 10.4 Å². The summed E-state index contributed by atoms with van der Waals surface area (Å²) in [6.07, 6.45) is 4.07. The third-order valence-electron chi connectivity index (χ3n) is 4.04. The first-order valence-electron chi connectivity index (χ1n) is 8.15. The van der Waals surface area contributed by atoms with Crippen molar-refractivity contribution in [3.63, 3.8) is 0 Å². The number of rotatable bonds is 8. The van der Waals surface area contributed by atoms with Crippen LogP contribution in [-0.4, -0.2) is 27.4 Å². The first kappa shape index (κ1) is 17.4. The predicted octanol–water partition coefficient (Wildman–Crippen LogP) is 3.18. The molecule has 3 rings (SSSR count). The highest BCUT2D eigenvalue weighted by Gasteiger charge is 2.18. The molecule has 0 radical (unpaired) electrons. The Kier molecular flexibility index (Phi) is 5.63. The number of aryl methyl sites for hydroxylation is 1. The quantitative estimate of drug-likeness (QED) is 0.651. The van der Waals surface area contributed by atoms with E-state index in [4.69, 9.17) is 0 Å². The van der Waals surface area contributed by atoms with E-state index in [9.17, 15) is 9.90 Å². The molecule has 0 saturated carbocycles. The highest BCUT2D eigenvalue weighted by molar-refractivity contribution is 7.10. The molecule has 1 atom stereocenters.